The van der Waals surface area contributed by atoms with Gasteiger partial charge in [-0.15, -0.1) is 0 Å². The first-order valence-corrected chi connectivity index (χ1v) is 6.80. The summed E-state index contributed by atoms with van der Waals surface area (Å²) in [5.74, 6) is -0.665. The van der Waals surface area contributed by atoms with Gasteiger partial charge < -0.3 is 14.9 Å². The minimum absolute atomic E-state index is 0.244. The maximum atomic E-state index is 12.2. The predicted molar refractivity (Wildman–Crippen MR) is 86.8 cm³/mol. The van der Waals surface area contributed by atoms with Gasteiger partial charge >= 0.3 is 5.97 Å². The molecule has 23 heavy (non-hydrogen) atoms. The highest BCUT2D eigenvalue weighted by Gasteiger charge is 2.08. The van der Waals surface area contributed by atoms with Crippen molar-refractivity contribution in [2.45, 2.75) is 0 Å². The minimum atomic E-state index is -0.420. The molecule has 0 saturated carbocycles. The van der Waals surface area contributed by atoms with E-state index < -0.39 is 5.97 Å². The summed E-state index contributed by atoms with van der Waals surface area (Å²) in [7, 11) is 2.78. The standard InChI is InChI=1S/C17H16N2O4/c1-22-17(21)14-7-9-15(10-8-14)19-16(20)13-5-3-12(4-6-13)11-18-23-2/h3-11H,1-2H3,(H,19,20)/b18-11+. The van der Waals surface area contributed by atoms with Gasteiger partial charge in [-0.1, -0.05) is 17.3 Å². The van der Waals surface area contributed by atoms with Crippen molar-refractivity contribution < 1.29 is 19.2 Å². The molecule has 2 aromatic rings. The van der Waals surface area contributed by atoms with Crippen molar-refractivity contribution in [3.05, 3.63) is 65.2 Å². The number of amides is 1. The van der Waals surface area contributed by atoms with Gasteiger partial charge in [0.05, 0.1) is 18.9 Å². The second kappa shape index (κ2) is 7.74. The summed E-state index contributed by atoms with van der Waals surface area (Å²) in [6, 6.07) is 13.4. The Morgan fingerprint density at radius 3 is 2.13 bits per heavy atom. The fraction of sp³-hybridized carbons (Fsp3) is 0.118. The molecule has 0 bridgehead atoms. The number of benzene rings is 2. The zero-order valence-electron chi connectivity index (χ0n) is 12.8. The number of nitrogens with zero attached hydrogens (tertiary/aromatic N) is 1. The van der Waals surface area contributed by atoms with Crippen LogP contribution in [0.3, 0.4) is 0 Å². The largest absolute Gasteiger partial charge is 0.465 e. The number of anilines is 1. The van der Waals surface area contributed by atoms with Crippen LogP contribution in [0.5, 0.6) is 0 Å². The van der Waals surface area contributed by atoms with Crippen molar-refractivity contribution in [1.82, 2.24) is 0 Å². The summed E-state index contributed by atoms with van der Waals surface area (Å²) >= 11 is 0. The number of hydrogen-bond acceptors (Lipinski definition) is 5. The molecule has 2 rings (SSSR count). The average molecular weight is 312 g/mol. The van der Waals surface area contributed by atoms with Crippen molar-refractivity contribution in [3.8, 4) is 0 Å². The first kappa shape index (κ1) is 16.2. The van der Waals surface area contributed by atoms with E-state index in [4.69, 9.17) is 0 Å². The molecule has 0 radical (unpaired) electrons. The van der Waals surface area contributed by atoms with Crippen LogP contribution >= 0.6 is 0 Å². The maximum absolute atomic E-state index is 12.2. The first-order chi connectivity index (χ1) is 11.1. The van der Waals surface area contributed by atoms with Crippen LogP contribution < -0.4 is 5.32 Å². The highest BCUT2D eigenvalue weighted by Crippen LogP contribution is 2.12. The molecule has 6 nitrogen and oxygen atoms in total. The Kier molecular flexibility index (Phi) is 5.46. The molecule has 0 fully saturated rings. The third kappa shape index (κ3) is 4.41. The smallest absolute Gasteiger partial charge is 0.337 e. The minimum Gasteiger partial charge on any atom is -0.465 e. The van der Waals surface area contributed by atoms with E-state index >= 15 is 0 Å². The van der Waals surface area contributed by atoms with Crippen LogP contribution in [0, 0.1) is 0 Å². The molecule has 2 aromatic carbocycles. The molecule has 0 aliphatic carbocycles. The molecule has 1 N–H and O–H groups in total. The molecule has 1 amide bonds. The summed E-state index contributed by atoms with van der Waals surface area (Å²) in [5.41, 5.74) is 2.35. The van der Waals surface area contributed by atoms with E-state index in [2.05, 4.69) is 20.0 Å². The first-order valence-electron chi connectivity index (χ1n) is 6.80. The van der Waals surface area contributed by atoms with Crippen LogP contribution in [-0.2, 0) is 9.57 Å². The number of hydrogen-bond donors (Lipinski definition) is 1. The topological polar surface area (TPSA) is 77.0 Å². The molecule has 0 aliphatic rings. The van der Waals surface area contributed by atoms with Gasteiger partial charge in [-0.3, -0.25) is 4.79 Å². The van der Waals surface area contributed by atoms with E-state index in [0.29, 0.717) is 16.8 Å². The molecule has 0 aromatic heterocycles. The summed E-state index contributed by atoms with van der Waals surface area (Å²) < 4.78 is 4.62. The highest BCUT2D eigenvalue weighted by atomic mass is 16.6. The highest BCUT2D eigenvalue weighted by molar-refractivity contribution is 6.04. The molecule has 6 heteroatoms. The average Bonchev–Trinajstić information content (AvgIpc) is 2.60. The molecule has 0 heterocycles. The number of rotatable bonds is 5. The van der Waals surface area contributed by atoms with Crippen molar-refractivity contribution >= 4 is 23.8 Å². The van der Waals surface area contributed by atoms with Gasteiger partial charge in [0, 0.05) is 11.3 Å². The predicted octanol–water partition coefficient (Wildman–Crippen LogP) is 2.71. The fourth-order valence-electron chi connectivity index (χ4n) is 1.84. The Bertz CT molecular complexity index is 706. The van der Waals surface area contributed by atoms with Crippen molar-refractivity contribution in [2.75, 3.05) is 19.5 Å². The number of nitrogens with one attached hydrogen (secondary N) is 1. The van der Waals surface area contributed by atoms with Crippen LogP contribution in [-0.4, -0.2) is 32.3 Å². The lowest BCUT2D eigenvalue weighted by Crippen LogP contribution is -2.12. The molecular formula is C17H16N2O4. The zero-order chi connectivity index (χ0) is 16.7. The fourth-order valence-corrected chi connectivity index (χ4v) is 1.84. The molecule has 0 aliphatic heterocycles. The van der Waals surface area contributed by atoms with E-state index in [-0.39, 0.29) is 5.91 Å². The van der Waals surface area contributed by atoms with Crippen LogP contribution in [0.15, 0.2) is 53.7 Å². The normalized spacial score (nSPS) is 10.3. The number of ether oxygens (including phenoxy) is 1. The molecule has 0 unspecified atom stereocenters. The Labute approximate surface area is 133 Å². The number of esters is 1. The molecule has 118 valence electrons. The Morgan fingerprint density at radius 2 is 1.57 bits per heavy atom. The summed E-state index contributed by atoms with van der Waals surface area (Å²) in [6.07, 6.45) is 1.55. The molecule has 0 saturated heterocycles. The zero-order valence-corrected chi connectivity index (χ0v) is 12.8. The van der Waals surface area contributed by atoms with Gasteiger partial charge in [0.2, 0.25) is 0 Å². The van der Waals surface area contributed by atoms with Crippen molar-refractivity contribution in [3.63, 3.8) is 0 Å². The Hall–Kier alpha value is -3.15. The van der Waals surface area contributed by atoms with Gasteiger partial charge in [0.25, 0.3) is 5.91 Å². The van der Waals surface area contributed by atoms with Crippen LogP contribution in [0.2, 0.25) is 0 Å². The summed E-state index contributed by atoms with van der Waals surface area (Å²) in [5, 5.41) is 6.41. The molecule has 0 spiro atoms. The van der Waals surface area contributed by atoms with E-state index in [9.17, 15) is 9.59 Å². The van der Waals surface area contributed by atoms with Gasteiger partial charge in [-0.2, -0.15) is 0 Å². The second-order valence-electron chi connectivity index (χ2n) is 4.56. The summed E-state index contributed by atoms with van der Waals surface area (Å²) in [6.45, 7) is 0. The van der Waals surface area contributed by atoms with Gasteiger partial charge in [0.1, 0.15) is 7.11 Å². The van der Waals surface area contributed by atoms with Gasteiger partial charge in [-0.05, 0) is 42.0 Å². The Balaban J connectivity index is 2.03. The van der Waals surface area contributed by atoms with Gasteiger partial charge in [0.15, 0.2) is 0 Å². The number of carbonyl (C=O) groups is 2. The summed E-state index contributed by atoms with van der Waals surface area (Å²) in [4.78, 5) is 28.1. The third-order valence-corrected chi connectivity index (χ3v) is 3.04. The quantitative estimate of drug-likeness (QED) is 0.523. The van der Waals surface area contributed by atoms with E-state index in [1.54, 1.807) is 54.7 Å². The number of carbonyl (C=O) groups excluding carboxylic acids is 2. The Morgan fingerprint density at radius 1 is 0.957 bits per heavy atom. The van der Waals surface area contributed by atoms with Crippen LogP contribution in [0.25, 0.3) is 0 Å². The van der Waals surface area contributed by atoms with Crippen molar-refractivity contribution in [2.24, 2.45) is 5.16 Å². The maximum Gasteiger partial charge on any atom is 0.337 e. The van der Waals surface area contributed by atoms with Gasteiger partial charge in [-0.25, -0.2) is 4.79 Å². The number of oxime groups is 1. The number of methoxy groups -OCH3 is 1. The van der Waals surface area contributed by atoms with E-state index in [1.807, 2.05) is 0 Å². The SMILES string of the molecule is CO/N=C/c1ccc(C(=O)Nc2ccc(C(=O)OC)cc2)cc1. The van der Waals surface area contributed by atoms with E-state index in [0.717, 1.165) is 5.56 Å². The van der Waals surface area contributed by atoms with E-state index in [1.165, 1.54) is 14.2 Å². The third-order valence-electron chi connectivity index (χ3n) is 3.04. The van der Waals surface area contributed by atoms with Crippen LogP contribution in [0.1, 0.15) is 26.3 Å². The second-order valence-corrected chi connectivity index (χ2v) is 4.56. The van der Waals surface area contributed by atoms with Crippen LogP contribution in [0.4, 0.5) is 5.69 Å². The lowest BCUT2D eigenvalue weighted by atomic mass is 10.1. The lowest BCUT2D eigenvalue weighted by molar-refractivity contribution is 0.0600. The molecular weight excluding hydrogens is 296 g/mol. The monoisotopic (exact) mass is 312 g/mol. The molecule has 0 atom stereocenters. The lowest BCUT2D eigenvalue weighted by Gasteiger charge is -2.06. The van der Waals surface area contributed by atoms with Crippen molar-refractivity contribution in [1.29, 1.82) is 0 Å².